The summed E-state index contributed by atoms with van der Waals surface area (Å²) >= 11 is 0. The number of nitrogens with zero attached hydrogens (tertiary/aromatic N) is 1. The summed E-state index contributed by atoms with van der Waals surface area (Å²) in [5, 5.41) is 8.43. The Bertz CT molecular complexity index is 176. The molecule has 0 aromatic heterocycles. The van der Waals surface area contributed by atoms with Crippen LogP contribution in [-0.2, 0) is 9.53 Å². The van der Waals surface area contributed by atoms with E-state index in [-0.39, 0.29) is 12.5 Å². The van der Waals surface area contributed by atoms with Crippen molar-refractivity contribution in [3.63, 3.8) is 0 Å². The van der Waals surface area contributed by atoms with Crippen LogP contribution in [0.25, 0.3) is 0 Å². The molecule has 1 N–H and O–H groups in total. The Morgan fingerprint density at radius 1 is 1.50 bits per heavy atom. The lowest BCUT2D eigenvalue weighted by Gasteiger charge is -2.30. The fraction of sp³-hybridized carbons (Fsp3) is 0.900. The van der Waals surface area contributed by atoms with Crippen LogP contribution in [0.2, 0.25) is 0 Å². The fourth-order valence-electron chi connectivity index (χ4n) is 1.71. The highest BCUT2D eigenvalue weighted by molar-refractivity contribution is 5.66. The number of rotatable bonds is 5. The Morgan fingerprint density at radius 2 is 2.14 bits per heavy atom. The van der Waals surface area contributed by atoms with Gasteiger partial charge in [-0.05, 0) is 19.4 Å². The minimum Gasteiger partial charge on any atom is -0.481 e. The number of piperidine rings is 1. The molecule has 0 radical (unpaired) electrons. The minimum atomic E-state index is -0.781. The van der Waals surface area contributed by atoms with Crippen molar-refractivity contribution in [3.8, 4) is 0 Å². The highest BCUT2D eigenvalue weighted by Crippen LogP contribution is 2.13. The van der Waals surface area contributed by atoms with E-state index in [1.165, 1.54) is 0 Å². The lowest BCUT2D eigenvalue weighted by Crippen LogP contribution is -2.37. The molecule has 1 rings (SSSR count). The zero-order chi connectivity index (χ0) is 10.4. The van der Waals surface area contributed by atoms with Crippen molar-refractivity contribution in [2.75, 3.05) is 26.2 Å². The lowest BCUT2D eigenvalue weighted by molar-refractivity contribution is -0.138. The predicted octanol–water partition coefficient (Wildman–Crippen LogP) is 0.962. The summed E-state index contributed by atoms with van der Waals surface area (Å²) in [6, 6.07) is 0. The molecule has 0 amide bonds. The molecule has 1 aliphatic heterocycles. The van der Waals surface area contributed by atoms with Crippen molar-refractivity contribution in [3.05, 3.63) is 0 Å². The summed E-state index contributed by atoms with van der Waals surface area (Å²) in [6.45, 7) is 5.77. The van der Waals surface area contributed by atoms with Crippen LogP contribution in [0.5, 0.6) is 0 Å². The van der Waals surface area contributed by atoms with Gasteiger partial charge in [0.15, 0.2) is 0 Å². The molecule has 0 atom stereocenters. The van der Waals surface area contributed by atoms with Gasteiger partial charge in [-0.15, -0.1) is 0 Å². The Balaban J connectivity index is 2.07. The van der Waals surface area contributed by atoms with Gasteiger partial charge in [0, 0.05) is 13.1 Å². The molecule has 0 aromatic rings. The maximum atomic E-state index is 10.3. The van der Waals surface area contributed by atoms with E-state index in [1.54, 1.807) is 0 Å². The molecule has 1 aliphatic rings. The highest BCUT2D eigenvalue weighted by Gasteiger charge is 2.18. The standard InChI is InChI=1S/C10H19NO3/c1-2-11-6-3-9(4-7-11)14-8-5-10(12)13/h9H,2-8H2,1H3,(H,12,13). The molecular weight excluding hydrogens is 182 g/mol. The first-order valence-electron chi connectivity index (χ1n) is 5.28. The second-order valence-electron chi connectivity index (χ2n) is 3.65. The van der Waals surface area contributed by atoms with Gasteiger partial charge in [-0.2, -0.15) is 0 Å². The molecule has 1 saturated heterocycles. The summed E-state index contributed by atoms with van der Waals surface area (Å²) in [7, 11) is 0. The van der Waals surface area contributed by atoms with Crippen LogP contribution in [0.4, 0.5) is 0 Å². The lowest BCUT2D eigenvalue weighted by atomic mass is 10.1. The van der Waals surface area contributed by atoms with E-state index in [2.05, 4.69) is 11.8 Å². The van der Waals surface area contributed by atoms with Gasteiger partial charge in [0.05, 0.1) is 19.1 Å². The topological polar surface area (TPSA) is 49.8 Å². The predicted molar refractivity (Wildman–Crippen MR) is 53.3 cm³/mol. The van der Waals surface area contributed by atoms with Crippen molar-refractivity contribution in [1.29, 1.82) is 0 Å². The second-order valence-corrected chi connectivity index (χ2v) is 3.65. The van der Waals surface area contributed by atoms with Crippen LogP contribution >= 0.6 is 0 Å². The molecule has 0 aliphatic carbocycles. The molecule has 4 heteroatoms. The first-order chi connectivity index (χ1) is 6.72. The van der Waals surface area contributed by atoms with Gasteiger partial charge in [-0.1, -0.05) is 6.92 Å². The van der Waals surface area contributed by atoms with Crippen LogP contribution in [0.1, 0.15) is 26.2 Å². The van der Waals surface area contributed by atoms with Crippen molar-refractivity contribution >= 4 is 5.97 Å². The molecule has 0 saturated carbocycles. The van der Waals surface area contributed by atoms with E-state index >= 15 is 0 Å². The number of aliphatic carboxylic acids is 1. The molecule has 0 unspecified atom stereocenters. The smallest absolute Gasteiger partial charge is 0.305 e. The fourth-order valence-corrected chi connectivity index (χ4v) is 1.71. The summed E-state index contributed by atoms with van der Waals surface area (Å²) in [5.74, 6) is -0.781. The van der Waals surface area contributed by atoms with Gasteiger partial charge < -0.3 is 14.7 Å². The normalized spacial score (nSPS) is 19.8. The Hall–Kier alpha value is -0.610. The van der Waals surface area contributed by atoms with E-state index in [0.29, 0.717) is 6.61 Å². The zero-order valence-corrected chi connectivity index (χ0v) is 8.74. The van der Waals surface area contributed by atoms with E-state index < -0.39 is 5.97 Å². The van der Waals surface area contributed by atoms with Crippen molar-refractivity contribution in [2.24, 2.45) is 0 Å². The summed E-state index contributed by atoms with van der Waals surface area (Å²) in [5.41, 5.74) is 0. The number of carbonyl (C=O) groups is 1. The number of hydrogen-bond donors (Lipinski definition) is 1. The quantitative estimate of drug-likeness (QED) is 0.720. The van der Waals surface area contributed by atoms with Crippen LogP contribution in [-0.4, -0.2) is 48.3 Å². The van der Waals surface area contributed by atoms with Gasteiger partial charge in [-0.3, -0.25) is 4.79 Å². The summed E-state index contributed by atoms with van der Waals surface area (Å²) in [4.78, 5) is 12.6. The second kappa shape index (κ2) is 5.98. The minimum absolute atomic E-state index is 0.119. The molecule has 0 spiro atoms. The number of ether oxygens (including phenoxy) is 1. The van der Waals surface area contributed by atoms with Crippen molar-refractivity contribution in [2.45, 2.75) is 32.3 Å². The monoisotopic (exact) mass is 201 g/mol. The Morgan fingerprint density at radius 3 is 2.64 bits per heavy atom. The van der Waals surface area contributed by atoms with Crippen LogP contribution < -0.4 is 0 Å². The van der Waals surface area contributed by atoms with Crippen molar-refractivity contribution < 1.29 is 14.6 Å². The van der Waals surface area contributed by atoms with Crippen LogP contribution in [0, 0.1) is 0 Å². The van der Waals surface area contributed by atoms with Gasteiger partial charge in [-0.25, -0.2) is 0 Å². The summed E-state index contributed by atoms with van der Waals surface area (Å²) < 4.78 is 5.48. The first kappa shape index (κ1) is 11.5. The molecule has 1 heterocycles. The average Bonchev–Trinajstić information content (AvgIpc) is 2.18. The molecule has 1 fully saturated rings. The molecule has 0 bridgehead atoms. The number of likely N-dealkylation sites (tertiary alicyclic amines) is 1. The molecule has 14 heavy (non-hydrogen) atoms. The number of carboxylic acids is 1. The maximum Gasteiger partial charge on any atom is 0.305 e. The first-order valence-corrected chi connectivity index (χ1v) is 5.28. The van der Waals surface area contributed by atoms with E-state index in [0.717, 1.165) is 32.5 Å². The third-order valence-electron chi connectivity index (χ3n) is 2.65. The van der Waals surface area contributed by atoms with E-state index in [9.17, 15) is 4.79 Å². The van der Waals surface area contributed by atoms with Crippen LogP contribution in [0.15, 0.2) is 0 Å². The van der Waals surface area contributed by atoms with E-state index in [1.807, 2.05) is 0 Å². The zero-order valence-electron chi connectivity index (χ0n) is 8.74. The van der Waals surface area contributed by atoms with Gasteiger partial charge >= 0.3 is 5.97 Å². The van der Waals surface area contributed by atoms with Gasteiger partial charge in [0.25, 0.3) is 0 Å². The van der Waals surface area contributed by atoms with E-state index in [4.69, 9.17) is 9.84 Å². The maximum absolute atomic E-state index is 10.3. The molecule has 82 valence electrons. The van der Waals surface area contributed by atoms with Crippen LogP contribution in [0.3, 0.4) is 0 Å². The summed E-state index contributed by atoms with van der Waals surface area (Å²) in [6.07, 6.45) is 2.46. The van der Waals surface area contributed by atoms with Crippen molar-refractivity contribution in [1.82, 2.24) is 4.90 Å². The van der Waals surface area contributed by atoms with Gasteiger partial charge in [0.1, 0.15) is 0 Å². The average molecular weight is 201 g/mol. The highest BCUT2D eigenvalue weighted by atomic mass is 16.5. The largest absolute Gasteiger partial charge is 0.481 e. The Labute approximate surface area is 84.8 Å². The molecular formula is C10H19NO3. The number of carboxylic acid groups (broad SMARTS) is 1. The Kier molecular flexibility index (Phi) is 4.90. The molecule has 0 aromatic carbocycles. The number of hydrogen-bond acceptors (Lipinski definition) is 3. The van der Waals surface area contributed by atoms with Gasteiger partial charge in [0.2, 0.25) is 0 Å². The third-order valence-corrected chi connectivity index (χ3v) is 2.65. The third kappa shape index (κ3) is 4.07. The SMILES string of the molecule is CCN1CCC(OCCC(=O)O)CC1. The molecule has 4 nitrogen and oxygen atoms in total.